The maximum absolute atomic E-state index is 12.4. The molecule has 0 heterocycles. The normalized spacial score (nSPS) is 13.8. The second kappa shape index (κ2) is 5.52. The molecule has 2 rings (SSSR count). The fraction of sp³-hybridized carbons (Fsp3) is 0.133. The number of carbonyl (C=O) groups is 3. The van der Waals surface area contributed by atoms with Gasteiger partial charge in [-0.25, -0.2) is 0 Å². The molecule has 1 aliphatic rings. The third-order valence-corrected chi connectivity index (χ3v) is 2.84. The summed E-state index contributed by atoms with van der Waals surface area (Å²) < 4.78 is 0. The van der Waals surface area contributed by atoms with Gasteiger partial charge in [0.05, 0.1) is 0 Å². The van der Waals surface area contributed by atoms with E-state index in [9.17, 15) is 14.4 Å². The van der Waals surface area contributed by atoms with Gasteiger partial charge in [0, 0.05) is 24.6 Å². The zero-order valence-corrected chi connectivity index (χ0v) is 11.0. The van der Waals surface area contributed by atoms with Crippen LogP contribution in [0.1, 0.15) is 27.6 Å². The van der Waals surface area contributed by atoms with Crippen LogP contribution in [0.3, 0.4) is 0 Å². The maximum atomic E-state index is 12.4. The van der Waals surface area contributed by atoms with Gasteiger partial charge in [-0.2, -0.15) is 0 Å². The number of amides is 1. The first-order chi connectivity index (χ1) is 9.56. The number of rotatable bonds is 4. The van der Waals surface area contributed by atoms with Crippen molar-refractivity contribution >= 4 is 17.5 Å². The van der Waals surface area contributed by atoms with Crippen LogP contribution in [0.2, 0.25) is 0 Å². The second-order valence-electron chi connectivity index (χ2n) is 4.30. The van der Waals surface area contributed by atoms with Crippen molar-refractivity contribution < 1.29 is 14.4 Å². The van der Waals surface area contributed by atoms with E-state index >= 15 is 0 Å². The summed E-state index contributed by atoms with van der Waals surface area (Å²) in [6.07, 6.45) is 1.57. The van der Waals surface area contributed by atoms with Crippen LogP contribution in [-0.4, -0.2) is 24.0 Å². The molecule has 5 nitrogen and oxygen atoms in total. The minimum absolute atomic E-state index is 0.0111. The minimum atomic E-state index is -0.404. The Morgan fingerprint density at radius 3 is 2.20 bits per heavy atom. The predicted molar refractivity (Wildman–Crippen MR) is 74.1 cm³/mol. The number of ketones is 2. The Morgan fingerprint density at radius 2 is 1.70 bits per heavy atom. The molecular weight excluding hydrogens is 256 g/mol. The molecular formula is C15H14N2O3. The van der Waals surface area contributed by atoms with Crippen molar-refractivity contribution in [1.82, 2.24) is 10.6 Å². The van der Waals surface area contributed by atoms with E-state index in [-0.39, 0.29) is 23.0 Å². The molecule has 20 heavy (non-hydrogen) atoms. The lowest BCUT2D eigenvalue weighted by Crippen LogP contribution is -2.37. The van der Waals surface area contributed by atoms with Crippen molar-refractivity contribution in [3.05, 3.63) is 59.4 Å². The van der Waals surface area contributed by atoms with Gasteiger partial charge in [0.1, 0.15) is 11.4 Å². The number of Topliss-reactive ketones (excluding diaryl/α,β-unsaturated/α-hetero) is 2. The Balaban J connectivity index is 2.55. The van der Waals surface area contributed by atoms with Crippen molar-refractivity contribution in [3.8, 4) is 0 Å². The zero-order chi connectivity index (χ0) is 14.7. The molecule has 0 bridgehead atoms. The lowest BCUT2D eigenvalue weighted by atomic mass is 9.90. The van der Waals surface area contributed by atoms with Crippen LogP contribution < -0.4 is 10.6 Å². The molecule has 0 spiro atoms. The van der Waals surface area contributed by atoms with Gasteiger partial charge >= 0.3 is 0 Å². The van der Waals surface area contributed by atoms with Crippen LogP contribution in [-0.2, 0) is 4.79 Å². The number of fused-ring (bicyclic) bond motifs is 1. The van der Waals surface area contributed by atoms with Gasteiger partial charge in [-0.15, -0.1) is 6.58 Å². The van der Waals surface area contributed by atoms with Crippen LogP contribution in [0, 0.1) is 0 Å². The highest BCUT2D eigenvalue weighted by molar-refractivity contribution is 6.27. The van der Waals surface area contributed by atoms with E-state index < -0.39 is 5.91 Å². The monoisotopic (exact) mass is 270 g/mol. The summed E-state index contributed by atoms with van der Waals surface area (Å²) in [4.78, 5) is 36.0. The standard InChI is InChI=1S/C15H14N2O3/c1-3-8-16-12-13(17-9(2)18)15(20)11-7-5-4-6-10(11)14(12)19/h3-7,16H,1,8H2,2H3,(H,17,18). The average Bonchev–Trinajstić information content (AvgIpc) is 2.44. The van der Waals surface area contributed by atoms with Gasteiger partial charge in [-0.3, -0.25) is 14.4 Å². The molecule has 0 aromatic heterocycles. The Hall–Kier alpha value is -2.69. The topological polar surface area (TPSA) is 75.3 Å². The average molecular weight is 270 g/mol. The van der Waals surface area contributed by atoms with Gasteiger partial charge in [-0.1, -0.05) is 30.3 Å². The van der Waals surface area contributed by atoms with Crippen molar-refractivity contribution in [2.75, 3.05) is 6.54 Å². The first-order valence-corrected chi connectivity index (χ1v) is 6.11. The Bertz CT molecular complexity index is 644. The fourth-order valence-corrected chi connectivity index (χ4v) is 2.01. The Kier molecular flexibility index (Phi) is 3.79. The molecule has 1 aliphatic carbocycles. The molecule has 0 saturated heterocycles. The molecule has 1 aromatic rings. The molecule has 0 aliphatic heterocycles. The summed E-state index contributed by atoms with van der Waals surface area (Å²) in [5.41, 5.74) is 0.718. The van der Waals surface area contributed by atoms with E-state index in [2.05, 4.69) is 17.2 Å². The molecule has 0 unspecified atom stereocenters. The van der Waals surface area contributed by atoms with Crippen LogP contribution in [0.25, 0.3) is 0 Å². The molecule has 0 atom stereocenters. The van der Waals surface area contributed by atoms with Gasteiger partial charge in [0.15, 0.2) is 0 Å². The maximum Gasteiger partial charge on any atom is 0.221 e. The molecule has 2 N–H and O–H groups in total. The molecule has 1 amide bonds. The van der Waals surface area contributed by atoms with Crippen LogP contribution >= 0.6 is 0 Å². The van der Waals surface area contributed by atoms with E-state index in [1.165, 1.54) is 6.92 Å². The smallest absolute Gasteiger partial charge is 0.221 e. The molecule has 5 heteroatoms. The van der Waals surface area contributed by atoms with Crippen LogP contribution in [0.15, 0.2) is 48.3 Å². The third-order valence-electron chi connectivity index (χ3n) is 2.84. The Morgan fingerprint density at radius 1 is 1.15 bits per heavy atom. The summed E-state index contributed by atoms with van der Waals surface area (Å²) in [6, 6.07) is 6.54. The van der Waals surface area contributed by atoms with E-state index in [0.29, 0.717) is 17.7 Å². The van der Waals surface area contributed by atoms with Gasteiger partial charge in [0.25, 0.3) is 0 Å². The molecule has 0 saturated carbocycles. The molecule has 1 aromatic carbocycles. The summed E-state index contributed by atoms with van der Waals surface area (Å²) >= 11 is 0. The summed E-state index contributed by atoms with van der Waals surface area (Å²) in [5, 5.41) is 5.26. The van der Waals surface area contributed by atoms with Gasteiger partial charge in [0.2, 0.25) is 17.5 Å². The fourth-order valence-electron chi connectivity index (χ4n) is 2.01. The quantitative estimate of drug-likeness (QED) is 0.806. The van der Waals surface area contributed by atoms with Crippen LogP contribution in [0.4, 0.5) is 0 Å². The highest BCUT2D eigenvalue weighted by atomic mass is 16.2. The number of benzene rings is 1. The number of carbonyl (C=O) groups excluding carboxylic acids is 3. The van der Waals surface area contributed by atoms with Crippen molar-refractivity contribution in [3.63, 3.8) is 0 Å². The highest BCUT2D eigenvalue weighted by Gasteiger charge is 2.32. The number of hydrogen-bond donors (Lipinski definition) is 2. The lowest BCUT2D eigenvalue weighted by molar-refractivity contribution is -0.118. The van der Waals surface area contributed by atoms with Crippen LogP contribution in [0.5, 0.6) is 0 Å². The molecule has 0 fully saturated rings. The number of hydrogen-bond acceptors (Lipinski definition) is 4. The molecule has 102 valence electrons. The predicted octanol–water partition coefficient (Wildman–Crippen LogP) is 1.19. The minimum Gasteiger partial charge on any atom is -0.377 e. The van der Waals surface area contributed by atoms with E-state index in [1.54, 1.807) is 30.3 Å². The second-order valence-corrected chi connectivity index (χ2v) is 4.30. The van der Waals surface area contributed by atoms with Crippen molar-refractivity contribution in [2.24, 2.45) is 0 Å². The first kappa shape index (κ1) is 13.7. The number of allylic oxidation sites excluding steroid dienone is 2. The number of nitrogens with one attached hydrogen (secondary N) is 2. The summed E-state index contributed by atoms with van der Waals surface area (Å²) in [7, 11) is 0. The largest absolute Gasteiger partial charge is 0.377 e. The van der Waals surface area contributed by atoms with Gasteiger partial charge in [-0.05, 0) is 0 Å². The van der Waals surface area contributed by atoms with E-state index in [4.69, 9.17) is 0 Å². The zero-order valence-electron chi connectivity index (χ0n) is 11.0. The molecule has 0 radical (unpaired) electrons. The lowest BCUT2D eigenvalue weighted by Gasteiger charge is -2.21. The summed E-state index contributed by atoms with van der Waals surface area (Å²) in [6.45, 7) is 5.16. The van der Waals surface area contributed by atoms with E-state index in [1.807, 2.05) is 0 Å². The highest BCUT2D eigenvalue weighted by Crippen LogP contribution is 2.23. The Labute approximate surface area is 116 Å². The third kappa shape index (κ3) is 2.38. The first-order valence-electron chi connectivity index (χ1n) is 6.11. The summed E-state index contributed by atoms with van der Waals surface area (Å²) in [5.74, 6) is -1.09. The van der Waals surface area contributed by atoms with Crippen molar-refractivity contribution in [1.29, 1.82) is 0 Å². The SMILES string of the molecule is C=CCNC1=C(NC(C)=O)C(=O)c2ccccc2C1=O. The van der Waals surface area contributed by atoms with E-state index in [0.717, 1.165) is 0 Å². The van der Waals surface area contributed by atoms with Crippen molar-refractivity contribution in [2.45, 2.75) is 6.92 Å². The van der Waals surface area contributed by atoms with Gasteiger partial charge < -0.3 is 10.6 Å².